The SMILES string of the molecule is COCC(O)CN(C)S(=O)(=O)c1ccccc1C(=O)OC. The van der Waals surface area contributed by atoms with Crippen LogP contribution in [0.2, 0.25) is 0 Å². The summed E-state index contributed by atoms with van der Waals surface area (Å²) >= 11 is 0. The van der Waals surface area contributed by atoms with Crippen LogP contribution in [0.4, 0.5) is 0 Å². The van der Waals surface area contributed by atoms with Gasteiger partial charge >= 0.3 is 5.97 Å². The third-order valence-corrected chi connectivity index (χ3v) is 4.69. The van der Waals surface area contributed by atoms with Gasteiger partial charge in [0.1, 0.15) is 0 Å². The van der Waals surface area contributed by atoms with Crippen LogP contribution in [0.25, 0.3) is 0 Å². The van der Waals surface area contributed by atoms with Gasteiger partial charge in [0, 0.05) is 20.7 Å². The zero-order chi connectivity index (χ0) is 16.0. The Balaban J connectivity index is 3.11. The lowest BCUT2D eigenvalue weighted by Gasteiger charge is -2.21. The second-order valence-electron chi connectivity index (χ2n) is 4.38. The van der Waals surface area contributed by atoms with Crippen molar-refractivity contribution in [1.82, 2.24) is 4.31 Å². The van der Waals surface area contributed by atoms with Gasteiger partial charge in [-0.1, -0.05) is 12.1 Å². The molecule has 0 bridgehead atoms. The molecule has 7 nitrogen and oxygen atoms in total. The van der Waals surface area contributed by atoms with Crippen molar-refractivity contribution in [3.05, 3.63) is 29.8 Å². The molecule has 0 radical (unpaired) electrons. The highest BCUT2D eigenvalue weighted by atomic mass is 32.2. The smallest absolute Gasteiger partial charge is 0.339 e. The Morgan fingerprint density at radius 3 is 2.52 bits per heavy atom. The summed E-state index contributed by atoms with van der Waals surface area (Å²) in [5, 5.41) is 9.63. The van der Waals surface area contributed by atoms with Crippen LogP contribution in [-0.2, 0) is 19.5 Å². The maximum absolute atomic E-state index is 12.5. The van der Waals surface area contributed by atoms with Crippen LogP contribution < -0.4 is 0 Å². The molecule has 1 unspecified atom stereocenters. The number of sulfonamides is 1. The maximum atomic E-state index is 12.5. The van der Waals surface area contributed by atoms with Gasteiger partial charge in [0.05, 0.1) is 30.3 Å². The number of ether oxygens (including phenoxy) is 2. The topological polar surface area (TPSA) is 93.1 Å². The quantitative estimate of drug-likeness (QED) is 0.717. The molecule has 0 amide bonds. The van der Waals surface area contributed by atoms with Gasteiger partial charge in [0.25, 0.3) is 0 Å². The summed E-state index contributed by atoms with van der Waals surface area (Å²) in [7, 11) is -0.0141. The van der Waals surface area contributed by atoms with Gasteiger partial charge in [0.2, 0.25) is 10.0 Å². The van der Waals surface area contributed by atoms with Crippen LogP contribution in [0.1, 0.15) is 10.4 Å². The van der Waals surface area contributed by atoms with Crippen LogP contribution in [-0.4, -0.2) is 64.3 Å². The average Bonchev–Trinajstić information content (AvgIpc) is 2.46. The molecule has 1 atom stereocenters. The van der Waals surface area contributed by atoms with Gasteiger partial charge in [-0.05, 0) is 12.1 Å². The van der Waals surface area contributed by atoms with Crippen molar-refractivity contribution >= 4 is 16.0 Å². The van der Waals surface area contributed by atoms with E-state index in [0.29, 0.717) is 0 Å². The molecule has 0 aliphatic carbocycles. The molecule has 8 heteroatoms. The monoisotopic (exact) mass is 317 g/mol. The lowest BCUT2D eigenvalue weighted by atomic mass is 10.2. The van der Waals surface area contributed by atoms with Crippen molar-refractivity contribution in [3.63, 3.8) is 0 Å². The number of aliphatic hydroxyl groups excluding tert-OH is 1. The van der Waals surface area contributed by atoms with Crippen molar-refractivity contribution in [3.8, 4) is 0 Å². The number of benzene rings is 1. The van der Waals surface area contributed by atoms with E-state index in [1.807, 2.05) is 0 Å². The van der Waals surface area contributed by atoms with E-state index in [1.54, 1.807) is 6.07 Å². The second-order valence-corrected chi connectivity index (χ2v) is 6.40. The van der Waals surface area contributed by atoms with E-state index in [9.17, 15) is 18.3 Å². The molecule has 1 aromatic carbocycles. The van der Waals surface area contributed by atoms with E-state index >= 15 is 0 Å². The van der Waals surface area contributed by atoms with Gasteiger partial charge in [-0.15, -0.1) is 0 Å². The zero-order valence-corrected chi connectivity index (χ0v) is 13.0. The number of nitrogens with zero attached hydrogens (tertiary/aromatic N) is 1. The summed E-state index contributed by atoms with van der Waals surface area (Å²) in [6.07, 6.45) is -0.958. The molecule has 1 aromatic rings. The standard InChI is InChI=1S/C13H19NO6S/c1-14(8-10(15)9-19-2)21(17,18)12-7-5-4-6-11(12)13(16)20-3/h4-7,10,15H,8-9H2,1-3H3. The van der Waals surface area contributed by atoms with E-state index in [1.165, 1.54) is 39.5 Å². The van der Waals surface area contributed by atoms with Gasteiger partial charge < -0.3 is 14.6 Å². The Bertz CT molecular complexity index is 586. The predicted octanol–water partition coefficient (Wildman–Crippen LogP) is 0.101. The molecule has 21 heavy (non-hydrogen) atoms. The first-order valence-electron chi connectivity index (χ1n) is 6.15. The molecule has 0 fully saturated rings. The zero-order valence-electron chi connectivity index (χ0n) is 12.1. The molecule has 0 saturated heterocycles. The number of likely N-dealkylation sites (N-methyl/N-ethyl adjacent to an activating group) is 1. The minimum atomic E-state index is -3.92. The first kappa shape index (κ1) is 17.6. The molecule has 1 rings (SSSR count). The van der Waals surface area contributed by atoms with Crippen LogP contribution in [0.3, 0.4) is 0 Å². The van der Waals surface area contributed by atoms with E-state index in [0.717, 1.165) is 4.31 Å². The van der Waals surface area contributed by atoms with E-state index in [2.05, 4.69) is 4.74 Å². The van der Waals surface area contributed by atoms with Crippen LogP contribution in [0.15, 0.2) is 29.2 Å². The van der Waals surface area contributed by atoms with Crippen molar-refractivity contribution in [2.75, 3.05) is 34.4 Å². The minimum absolute atomic E-state index is 0.0124. The molecular weight excluding hydrogens is 298 g/mol. The normalized spacial score (nSPS) is 13.2. The number of methoxy groups -OCH3 is 2. The number of carbonyl (C=O) groups is 1. The van der Waals surface area contributed by atoms with Crippen molar-refractivity contribution in [1.29, 1.82) is 0 Å². The second kappa shape index (κ2) is 7.51. The van der Waals surface area contributed by atoms with E-state index in [-0.39, 0.29) is 23.6 Å². The number of rotatable bonds is 7. The molecule has 0 saturated carbocycles. The lowest BCUT2D eigenvalue weighted by molar-refractivity contribution is 0.0553. The van der Waals surface area contributed by atoms with Crippen molar-refractivity contribution in [2.45, 2.75) is 11.0 Å². The summed E-state index contributed by atoms with van der Waals surface area (Å²) < 4.78 is 35.3. The molecule has 0 aliphatic rings. The highest BCUT2D eigenvalue weighted by molar-refractivity contribution is 7.89. The highest BCUT2D eigenvalue weighted by Crippen LogP contribution is 2.20. The Labute approximate surface area is 124 Å². The molecule has 0 spiro atoms. The number of carbonyl (C=O) groups excluding carboxylic acids is 1. The van der Waals surface area contributed by atoms with Gasteiger partial charge in [0.15, 0.2) is 0 Å². The first-order chi connectivity index (χ1) is 9.84. The van der Waals surface area contributed by atoms with E-state index < -0.39 is 22.1 Å². The fourth-order valence-corrected chi connectivity index (χ4v) is 3.16. The highest BCUT2D eigenvalue weighted by Gasteiger charge is 2.27. The molecule has 0 aliphatic heterocycles. The summed E-state index contributed by atoms with van der Waals surface area (Å²) in [5.41, 5.74) is -0.0481. The number of esters is 1. The Kier molecular flexibility index (Phi) is 6.28. The molecule has 0 aromatic heterocycles. The third kappa shape index (κ3) is 4.24. The third-order valence-electron chi connectivity index (χ3n) is 2.81. The van der Waals surface area contributed by atoms with Gasteiger partial charge in [-0.2, -0.15) is 4.31 Å². The number of aliphatic hydroxyl groups is 1. The van der Waals surface area contributed by atoms with Gasteiger partial charge in [-0.25, -0.2) is 13.2 Å². The van der Waals surface area contributed by atoms with E-state index in [4.69, 9.17) is 4.74 Å². The fourth-order valence-electron chi connectivity index (χ4n) is 1.78. The van der Waals surface area contributed by atoms with Gasteiger partial charge in [-0.3, -0.25) is 0 Å². The lowest BCUT2D eigenvalue weighted by Crippen LogP contribution is -2.36. The largest absolute Gasteiger partial charge is 0.465 e. The molecule has 1 N–H and O–H groups in total. The summed E-state index contributed by atoms with van der Waals surface area (Å²) in [4.78, 5) is 11.5. The number of hydrogen-bond donors (Lipinski definition) is 1. The Morgan fingerprint density at radius 2 is 1.95 bits per heavy atom. The Hall–Kier alpha value is -1.48. The molecular formula is C13H19NO6S. The summed E-state index contributed by atoms with van der Waals surface area (Å²) in [6, 6.07) is 5.75. The minimum Gasteiger partial charge on any atom is -0.465 e. The fraction of sp³-hybridized carbons (Fsp3) is 0.462. The maximum Gasteiger partial charge on any atom is 0.339 e. The molecule has 0 heterocycles. The van der Waals surface area contributed by atoms with Crippen LogP contribution in [0, 0.1) is 0 Å². The van der Waals surface area contributed by atoms with Crippen LogP contribution >= 0.6 is 0 Å². The van der Waals surface area contributed by atoms with Crippen LogP contribution in [0.5, 0.6) is 0 Å². The summed E-state index contributed by atoms with van der Waals surface area (Å²) in [6.45, 7) is -0.135. The average molecular weight is 317 g/mol. The van der Waals surface area contributed by atoms with Crippen molar-refractivity contribution < 1.29 is 27.8 Å². The van der Waals surface area contributed by atoms with Crippen molar-refractivity contribution in [2.24, 2.45) is 0 Å². The predicted molar refractivity (Wildman–Crippen MR) is 75.5 cm³/mol. The number of hydrogen-bond acceptors (Lipinski definition) is 6. The molecule has 118 valence electrons. The first-order valence-corrected chi connectivity index (χ1v) is 7.59. The Morgan fingerprint density at radius 1 is 1.33 bits per heavy atom. The summed E-state index contributed by atoms with van der Waals surface area (Å²) in [5.74, 6) is -0.736.